The minimum absolute atomic E-state index is 0.0502. The van der Waals surface area contributed by atoms with Crippen molar-refractivity contribution in [2.45, 2.75) is 12.3 Å². The molecule has 0 aromatic carbocycles. The zero-order chi connectivity index (χ0) is 10.4. The number of thioether (sulfide) groups is 1. The lowest BCUT2D eigenvalue weighted by Gasteiger charge is -2.09. The summed E-state index contributed by atoms with van der Waals surface area (Å²) >= 11 is 1.54. The fraction of sp³-hybridized carbons (Fsp3) is 0.750. The van der Waals surface area contributed by atoms with E-state index >= 15 is 0 Å². The summed E-state index contributed by atoms with van der Waals surface area (Å²) in [6.45, 7) is 2.85. The van der Waals surface area contributed by atoms with E-state index in [1.807, 2.05) is 0 Å². The van der Waals surface area contributed by atoms with Crippen LogP contribution in [0, 0.1) is 0 Å². The van der Waals surface area contributed by atoms with Crippen LogP contribution in [0.25, 0.3) is 0 Å². The Morgan fingerprint density at radius 3 is 3.00 bits per heavy atom. The van der Waals surface area contributed by atoms with Gasteiger partial charge in [-0.2, -0.15) is 0 Å². The van der Waals surface area contributed by atoms with Gasteiger partial charge in [-0.25, -0.2) is 0 Å². The minimum atomic E-state index is -0.399. The van der Waals surface area contributed by atoms with E-state index < -0.39 is 5.97 Å². The van der Waals surface area contributed by atoms with Crippen LogP contribution in [0.15, 0.2) is 0 Å². The second-order valence-electron chi connectivity index (χ2n) is 2.73. The second kappa shape index (κ2) is 5.87. The molecular weight excluding hydrogens is 204 g/mol. The Balaban J connectivity index is 2.17. The number of esters is 1. The maximum absolute atomic E-state index is 11.4. The van der Waals surface area contributed by atoms with E-state index in [-0.39, 0.29) is 17.8 Å². The van der Waals surface area contributed by atoms with E-state index in [0.717, 1.165) is 12.3 Å². The van der Waals surface area contributed by atoms with Crippen LogP contribution in [0.2, 0.25) is 0 Å². The molecule has 1 aliphatic rings. The van der Waals surface area contributed by atoms with Gasteiger partial charge in [-0.1, -0.05) is 0 Å². The first-order chi connectivity index (χ1) is 6.74. The van der Waals surface area contributed by atoms with Crippen molar-refractivity contribution in [2.24, 2.45) is 0 Å². The molecule has 1 rings (SSSR count). The standard InChI is InChI=1S/C8H14N2O3S/c1-2-13-6(11)5-10-7(12)8-9-3-4-14-8/h8-9H,2-5H2,1H3,(H,10,12). The van der Waals surface area contributed by atoms with Crippen LogP contribution in [0.5, 0.6) is 0 Å². The number of carbonyl (C=O) groups excluding carboxylic acids is 2. The van der Waals surface area contributed by atoms with Crippen LogP contribution in [0.3, 0.4) is 0 Å². The Morgan fingerprint density at radius 2 is 2.43 bits per heavy atom. The Morgan fingerprint density at radius 1 is 1.64 bits per heavy atom. The van der Waals surface area contributed by atoms with Crippen molar-refractivity contribution in [3.8, 4) is 0 Å². The van der Waals surface area contributed by atoms with Gasteiger partial charge in [0.25, 0.3) is 0 Å². The highest BCUT2D eigenvalue weighted by Crippen LogP contribution is 2.12. The fourth-order valence-corrected chi connectivity index (χ4v) is 2.00. The highest BCUT2D eigenvalue weighted by atomic mass is 32.2. The smallest absolute Gasteiger partial charge is 0.325 e. The Hall–Kier alpha value is -0.750. The largest absolute Gasteiger partial charge is 0.465 e. The molecule has 0 spiro atoms. The van der Waals surface area contributed by atoms with E-state index in [1.165, 1.54) is 0 Å². The molecule has 0 bridgehead atoms. The summed E-state index contributed by atoms with van der Waals surface area (Å²) in [5, 5.41) is 5.31. The van der Waals surface area contributed by atoms with E-state index in [9.17, 15) is 9.59 Å². The van der Waals surface area contributed by atoms with Gasteiger partial charge >= 0.3 is 5.97 Å². The lowest BCUT2D eigenvalue weighted by Crippen LogP contribution is -2.41. The van der Waals surface area contributed by atoms with Crippen molar-refractivity contribution < 1.29 is 14.3 Å². The number of rotatable bonds is 4. The van der Waals surface area contributed by atoms with Crippen molar-refractivity contribution >= 4 is 23.6 Å². The monoisotopic (exact) mass is 218 g/mol. The summed E-state index contributed by atoms with van der Waals surface area (Å²) in [5.74, 6) is 0.377. The Bertz CT molecular complexity index is 217. The highest BCUT2D eigenvalue weighted by Gasteiger charge is 2.22. The number of amides is 1. The maximum atomic E-state index is 11.4. The first kappa shape index (κ1) is 11.3. The molecule has 0 aliphatic carbocycles. The SMILES string of the molecule is CCOC(=O)CNC(=O)C1NCCS1. The van der Waals surface area contributed by atoms with Gasteiger partial charge in [0.2, 0.25) is 5.91 Å². The van der Waals surface area contributed by atoms with Crippen LogP contribution < -0.4 is 10.6 Å². The lowest BCUT2D eigenvalue weighted by atomic mass is 10.5. The summed E-state index contributed by atoms with van der Waals surface area (Å²) < 4.78 is 4.67. The van der Waals surface area contributed by atoms with E-state index in [1.54, 1.807) is 18.7 Å². The van der Waals surface area contributed by atoms with Crippen molar-refractivity contribution in [3.05, 3.63) is 0 Å². The maximum Gasteiger partial charge on any atom is 0.325 e. The third-order valence-electron chi connectivity index (χ3n) is 1.67. The molecule has 0 saturated carbocycles. The molecule has 1 unspecified atom stereocenters. The Kier molecular flexibility index (Phi) is 4.75. The molecule has 1 heterocycles. The molecule has 6 heteroatoms. The summed E-state index contributed by atoms with van der Waals surface area (Å²) in [6.07, 6.45) is 0. The van der Waals surface area contributed by atoms with Gasteiger partial charge in [0, 0.05) is 12.3 Å². The van der Waals surface area contributed by atoms with Crippen LogP contribution in [0.4, 0.5) is 0 Å². The van der Waals surface area contributed by atoms with E-state index in [0.29, 0.717) is 6.61 Å². The van der Waals surface area contributed by atoms with Gasteiger partial charge in [-0.3, -0.25) is 14.9 Å². The molecule has 14 heavy (non-hydrogen) atoms. The van der Waals surface area contributed by atoms with Crippen molar-refractivity contribution in [2.75, 3.05) is 25.4 Å². The second-order valence-corrected chi connectivity index (χ2v) is 3.94. The number of hydrogen-bond acceptors (Lipinski definition) is 5. The highest BCUT2D eigenvalue weighted by molar-refractivity contribution is 8.00. The van der Waals surface area contributed by atoms with Crippen LogP contribution in [-0.4, -0.2) is 42.7 Å². The minimum Gasteiger partial charge on any atom is -0.465 e. The zero-order valence-electron chi connectivity index (χ0n) is 8.04. The first-order valence-corrected chi connectivity index (χ1v) is 5.57. The molecule has 0 aromatic heterocycles. The van der Waals surface area contributed by atoms with Gasteiger partial charge in [0.05, 0.1) is 6.61 Å². The Labute approximate surface area is 86.9 Å². The normalized spacial score (nSPS) is 20.5. The molecule has 2 N–H and O–H groups in total. The fourth-order valence-electron chi connectivity index (χ4n) is 1.06. The van der Waals surface area contributed by atoms with E-state index in [2.05, 4.69) is 15.4 Å². The van der Waals surface area contributed by atoms with Crippen molar-refractivity contribution in [1.82, 2.24) is 10.6 Å². The summed E-state index contributed by atoms with van der Waals surface area (Å²) in [6, 6.07) is 0. The average molecular weight is 218 g/mol. The van der Waals surface area contributed by atoms with Crippen molar-refractivity contribution in [3.63, 3.8) is 0 Å². The summed E-state index contributed by atoms with van der Waals surface area (Å²) in [4.78, 5) is 22.3. The van der Waals surface area contributed by atoms with Crippen LogP contribution in [-0.2, 0) is 14.3 Å². The lowest BCUT2D eigenvalue weighted by molar-refractivity contribution is -0.143. The number of hydrogen-bond donors (Lipinski definition) is 2. The van der Waals surface area contributed by atoms with Gasteiger partial charge < -0.3 is 10.1 Å². The topological polar surface area (TPSA) is 67.4 Å². The molecule has 1 atom stereocenters. The number of ether oxygens (including phenoxy) is 1. The van der Waals surface area contributed by atoms with Crippen LogP contribution in [0.1, 0.15) is 6.92 Å². The predicted molar refractivity (Wildman–Crippen MR) is 53.9 cm³/mol. The molecule has 1 saturated heterocycles. The molecule has 1 fully saturated rings. The van der Waals surface area contributed by atoms with Crippen LogP contribution >= 0.6 is 11.8 Å². The van der Waals surface area contributed by atoms with Gasteiger partial charge in [0.1, 0.15) is 11.9 Å². The molecule has 5 nitrogen and oxygen atoms in total. The molecule has 1 aliphatic heterocycles. The third kappa shape index (κ3) is 3.55. The van der Waals surface area contributed by atoms with Gasteiger partial charge in [-0.05, 0) is 6.92 Å². The zero-order valence-corrected chi connectivity index (χ0v) is 8.86. The molecule has 0 radical (unpaired) electrons. The molecule has 80 valence electrons. The molecule has 0 aromatic rings. The van der Waals surface area contributed by atoms with Gasteiger partial charge in [-0.15, -0.1) is 11.8 Å². The number of nitrogens with one attached hydrogen (secondary N) is 2. The average Bonchev–Trinajstić information content (AvgIpc) is 2.67. The first-order valence-electron chi connectivity index (χ1n) is 4.52. The summed E-state index contributed by atoms with van der Waals surface area (Å²) in [5.41, 5.74) is 0. The van der Waals surface area contributed by atoms with Gasteiger partial charge in [0.15, 0.2) is 0 Å². The predicted octanol–water partition coefficient (Wildman–Crippen LogP) is -0.672. The quantitative estimate of drug-likeness (QED) is 0.612. The summed E-state index contributed by atoms with van der Waals surface area (Å²) in [7, 11) is 0. The van der Waals surface area contributed by atoms with E-state index in [4.69, 9.17) is 0 Å². The molecular formula is C8H14N2O3S. The third-order valence-corrected chi connectivity index (χ3v) is 2.82. The number of carbonyl (C=O) groups is 2. The molecule has 1 amide bonds. The van der Waals surface area contributed by atoms with Crippen molar-refractivity contribution in [1.29, 1.82) is 0 Å².